The van der Waals surface area contributed by atoms with Gasteiger partial charge in [-0.05, 0) is 49.6 Å². The Morgan fingerprint density at radius 3 is 2.81 bits per heavy atom. The van der Waals surface area contributed by atoms with Gasteiger partial charge in [-0.2, -0.15) is 11.8 Å². The normalized spacial score (nSPS) is 26.4. The van der Waals surface area contributed by atoms with Gasteiger partial charge >= 0.3 is 0 Å². The first kappa shape index (κ1) is 12.0. The third-order valence-electron chi connectivity index (χ3n) is 3.40. The molecule has 0 bridgehead atoms. The van der Waals surface area contributed by atoms with Crippen LogP contribution in [0.2, 0.25) is 0 Å². The highest BCUT2D eigenvalue weighted by Crippen LogP contribution is 2.25. The molecule has 2 unspecified atom stereocenters. The Bertz CT molecular complexity index is 362. The lowest BCUT2D eigenvalue weighted by Gasteiger charge is -2.20. The maximum Gasteiger partial charge on any atom is 0.0413 e. The van der Waals surface area contributed by atoms with E-state index in [0.717, 1.165) is 0 Å². The molecule has 0 aromatic heterocycles. The third-order valence-corrected chi connectivity index (χ3v) is 4.49. The number of aryl methyl sites for hydroxylation is 2. The summed E-state index contributed by atoms with van der Waals surface area (Å²) in [7, 11) is 0. The van der Waals surface area contributed by atoms with Gasteiger partial charge in [-0.3, -0.25) is 0 Å². The molecule has 1 fully saturated rings. The van der Waals surface area contributed by atoms with Crippen LogP contribution in [0.1, 0.15) is 36.1 Å². The van der Waals surface area contributed by atoms with Crippen LogP contribution in [0.3, 0.4) is 0 Å². The molecule has 1 aliphatic rings. The zero-order valence-corrected chi connectivity index (χ0v) is 11.2. The summed E-state index contributed by atoms with van der Waals surface area (Å²) in [5.74, 6) is 2.49. The zero-order valence-electron chi connectivity index (χ0n) is 10.4. The molecule has 2 heteroatoms. The molecule has 0 aliphatic carbocycles. The molecule has 2 rings (SSSR count). The fraction of sp³-hybridized carbons (Fsp3) is 0.571. The summed E-state index contributed by atoms with van der Waals surface area (Å²) in [5.41, 5.74) is 4.24. The zero-order chi connectivity index (χ0) is 11.5. The highest BCUT2D eigenvalue weighted by atomic mass is 32.2. The van der Waals surface area contributed by atoms with E-state index in [1.807, 2.05) is 0 Å². The highest BCUT2D eigenvalue weighted by molar-refractivity contribution is 7.99. The topological polar surface area (TPSA) is 12.0 Å². The predicted molar refractivity (Wildman–Crippen MR) is 73.2 cm³/mol. The van der Waals surface area contributed by atoms with Crippen molar-refractivity contribution in [2.75, 3.05) is 11.5 Å². The third kappa shape index (κ3) is 2.80. The first-order valence-corrected chi connectivity index (χ1v) is 7.23. The van der Waals surface area contributed by atoms with E-state index < -0.39 is 0 Å². The van der Waals surface area contributed by atoms with Crippen molar-refractivity contribution in [1.82, 2.24) is 5.32 Å². The van der Waals surface area contributed by atoms with Gasteiger partial charge in [-0.1, -0.05) is 18.2 Å². The van der Waals surface area contributed by atoms with Crippen molar-refractivity contribution < 1.29 is 0 Å². The molecular weight excluding hydrogens is 214 g/mol. The maximum absolute atomic E-state index is 3.72. The van der Waals surface area contributed by atoms with Gasteiger partial charge in [0.15, 0.2) is 0 Å². The molecule has 1 aliphatic heterocycles. The smallest absolute Gasteiger partial charge is 0.0413 e. The predicted octanol–water partition coefficient (Wildman–Crippen LogP) is 3.46. The molecule has 1 saturated heterocycles. The Labute approximate surface area is 103 Å². The van der Waals surface area contributed by atoms with E-state index in [1.54, 1.807) is 0 Å². The average Bonchev–Trinajstić information content (AvgIpc) is 2.47. The van der Waals surface area contributed by atoms with Crippen LogP contribution < -0.4 is 5.32 Å². The molecular formula is C14H21NS. The summed E-state index contributed by atoms with van der Waals surface area (Å²) in [4.78, 5) is 0. The van der Waals surface area contributed by atoms with Crippen LogP contribution in [0.15, 0.2) is 18.2 Å². The monoisotopic (exact) mass is 235 g/mol. The standard InChI is InChI=1S/C14H21NS/c1-10-4-5-13(8-11(10)2)14-9-16-7-6-12(3)15-14/h4-5,8,12,14-15H,6-7,9H2,1-3H3. The molecule has 1 nitrogen and oxygen atoms in total. The van der Waals surface area contributed by atoms with Gasteiger partial charge in [0.25, 0.3) is 0 Å². The van der Waals surface area contributed by atoms with Crippen molar-refractivity contribution in [1.29, 1.82) is 0 Å². The molecule has 0 saturated carbocycles. The number of hydrogen-bond donors (Lipinski definition) is 1. The summed E-state index contributed by atoms with van der Waals surface area (Å²) in [5, 5.41) is 3.72. The first-order valence-electron chi connectivity index (χ1n) is 6.08. The SMILES string of the molecule is Cc1ccc(C2CSCCC(C)N2)cc1C. The van der Waals surface area contributed by atoms with Crippen LogP contribution in [0.5, 0.6) is 0 Å². The summed E-state index contributed by atoms with van der Waals surface area (Å²) in [6.07, 6.45) is 1.28. The minimum absolute atomic E-state index is 0.529. The van der Waals surface area contributed by atoms with Crippen LogP contribution >= 0.6 is 11.8 Å². The fourth-order valence-electron chi connectivity index (χ4n) is 2.11. The molecule has 0 spiro atoms. The number of thioether (sulfide) groups is 1. The lowest BCUT2D eigenvalue weighted by molar-refractivity contribution is 0.484. The van der Waals surface area contributed by atoms with Crippen LogP contribution in [0.25, 0.3) is 0 Å². The van der Waals surface area contributed by atoms with E-state index in [-0.39, 0.29) is 0 Å². The van der Waals surface area contributed by atoms with Gasteiger partial charge in [-0.15, -0.1) is 0 Å². The molecule has 88 valence electrons. The fourth-order valence-corrected chi connectivity index (χ4v) is 3.32. The molecule has 1 aromatic carbocycles. The van der Waals surface area contributed by atoms with E-state index >= 15 is 0 Å². The van der Waals surface area contributed by atoms with E-state index in [0.29, 0.717) is 12.1 Å². The Kier molecular flexibility index (Phi) is 3.93. The van der Waals surface area contributed by atoms with Crippen molar-refractivity contribution >= 4 is 11.8 Å². The Balaban J connectivity index is 2.18. The average molecular weight is 235 g/mol. The van der Waals surface area contributed by atoms with Crippen molar-refractivity contribution in [3.05, 3.63) is 34.9 Å². The van der Waals surface area contributed by atoms with E-state index in [4.69, 9.17) is 0 Å². The quantitative estimate of drug-likeness (QED) is 0.800. The van der Waals surface area contributed by atoms with Crippen molar-refractivity contribution in [3.63, 3.8) is 0 Å². The Morgan fingerprint density at radius 2 is 2.06 bits per heavy atom. The van der Waals surface area contributed by atoms with E-state index in [9.17, 15) is 0 Å². The summed E-state index contributed by atoms with van der Waals surface area (Å²) >= 11 is 2.07. The minimum atomic E-state index is 0.529. The molecule has 0 radical (unpaired) electrons. The van der Waals surface area contributed by atoms with Crippen LogP contribution in [-0.2, 0) is 0 Å². The summed E-state index contributed by atoms with van der Waals surface area (Å²) < 4.78 is 0. The lowest BCUT2D eigenvalue weighted by atomic mass is 10.0. The van der Waals surface area contributed by atoms with E-state index in [2.05, 4.69) is 56.0 Å². The second kappa shape index (κ2) is 5.24. The summed E-state index contributed by atoms with van der Waals surface area (Å²) in [6, 6.07) is 8.03. The largest absolute Gasteiger partial charge is 0.307 e. The number of benzene rings is 1. The molecule has 2 atom stereocenters. The first-order chi connectivity index (χ1) is 7.66. The number of nitrogens with one attached hydrogen (secondary N) is 1. The van der Waals surface area contributed by atoms with Crippen molar-refractivity contribution in [3.8, 4) is 0 Å². The van der Waals surface area contributed by atoms with Gasteiger partial charge in [0.1, 0.15) is 0 Å². The van der Waals surface area contributed by atoms with Gasteiger partial charge in [0, 0.05) is 17.8 Å². The van der Waals surface area contributed by atoms with Crippen molar-refractivity contribution in [2.45, 2.75) is 39.3 Å². The molecule has 0 amide bonds. The molecule has 16 heavy (non-hydrogen) atoms. The molecule has 1 N–H and O–H groups in total. The molecule has 1 aromatic rings. The Hall–Kier alpha value is -0.470. The second-order valence-corrected chi connectivity index (χ2v) is 5.98. The van der Waals surface area contributed by atoms with Gasteiger partial charge < -0.3 is 5.32 Å². The molecule has 1 heterocycles. The van der Waals surface area contributed by atoms with Crippen LogP contribution in [-0.4, -0.2) is 17.5 Å². The second-order valence-electron chi connectivity index (χ2n) is 4.83. The van der Waals surface area contributed by atoms with E-state index in [1.165, 1.54) is 34.6 Å². The minimum Gasteiger partial charge on any atom is -0.307 e. The Morgan fingerprint density at radius 1 is 1.25 bits per heavy atom. The van der Waals surface area contributed by atoms with Gasteiger partial charge in [0.05, 0.1) is 0 Å². The van der Waals surface area contributed by atoms with Crippen LogP contribution in [0, 0.1) is 13.8 Å². The highest BCUT2D eigenvalue weighted by Gasteiger charge is 2.18. The lowest BCUT2D eigenvalue weighted by Crippen LogP contribution is -2.30. The number of rotatable bonds is 1. The number of hydrogen-bond acceptors (Lipinski definition) is 2. The van der Waals surface area contributed by atoms with Crippen LogP contribution in [0.4, 0.5) is 0 Å². The van der Waals surface area contributed by atoms with Crippen molar-refractivity contribution in [2.24, 2.45) is 0 Å². The van der Waals surface area contributed by atoms with Gasteiger partial charge in [0.2, 0.25) is 0 Å². The maximum atomic E-state index is 3.72. The summed E-state index contributed by atoms with van der Waals surface area (Å²) in [6.45, 7) is 6.67. The van der Waals surface area contributed by atoms with Gasteiger partial charge in [-0.25, -0.2) is 0 Å².